The van der Waals surface area contributed by atoms with Crippen molar-refractivity contribution >= 4 is 11.9 Å². The molecule has 2 atom stereocenters. The third-order valence-corrected chi connectivity index (χ3v) is 5.04. The Morgan fingerprint density at radius 3 is 2.40 bits per heavy atom. The van der Waals surface area contributed by atoms with E-state index >= 15 is 0 Å². The number of aliphatic carboxylic acids is 1. The maximum atomic E-state index is 12.3. The van der Waals surface area contributed by atoms with Crippen LogP contribution >= 0.6 is 0 Å². The molecule has 0 heterocycles. The number of hydrogen-bond acceptors (Lipinski definition) is 2. The van der Waals surface area contributed by atoms with Gasteiger partial charge in [0.25, 0.3) is 0 Å². The molecule has 2 unspecified atom stereocenters. The zero-order valence-electron chi connectivity index (χ0n) is 12.5. The first-order valence-electron chi connectivity index (χ1n) is 8.00. The SMILES string of the molecule is CC1CCC(NC(=O)CC2(CC(=O)O)CCCCC2)C1. The average Bonchev–Trinajstić information content (AvgIpc) is 2.74. The van der Waals surface area contributed by atoms with Crippen molar-refractivity contribution in [1.29, 1.82) is 0 Å². The van der Waals surface area contributed by atoms with Gasteiger partial charge in [0.2, 0.25) is 5.91 Å². The highest BCUT2D eigenvalue weighted by Gasteiger charge is 2.37. The number of carboxylic acids is 1. The molecular weight excluding hydrogens is 254 g/mol. The van der Waals surface area contributed by atoms with Crippen LogP contribution in [0.3, 0.4) is 0 Å². The molecule has 0 bridgehead atoms. The smallest absolute Gasteiger partial charge is 0.303 e. The lowest BCUT2D eigenvalue weighted by molar-refractivity contribution is -0.141. The van der Waals surface area contributed by atoms with E-state index in [1.807, 2.05) is 0 Å². The summed E-state index contributed by atoms with van der Waals surface area (Å²) in [7, 11) is 0. The maximum Gasteiger partial charge on any atom is 0.303 e. The Labute approximate surface area is 121 Å². The fraction of sp³-hybridized carbons (Fsp3) is 0.875. The molecule has 0 aromatic carbocycles. The third kappa shape index (κ3) is 4.22. The number of carbonyl (C=O) groups is 2. The van der Waals surface area contributed by atoms with Crippen LogP contribution in [-0.2, 0) is 9.59 Å². The van der Waals surface area contributed by atoms with Crippen molar-refractivity contribution in [3.63, 3.8) is 0 Å². The number of carboxylic acid groups (broad SMARTS) is 1. The summed E-state index contributed by atoms with van der Waals surface area (Å²) in [5.74, 6) is -0.00982. The van der Waals surface area contributed by atoms with Crippen molar-refractivity contribution in [1.82, 2.24) is 5.32 Å². The molecule has 1 amide bonds. The molecule has 2 aliphatic rings. The molecule has 0 radical (unpaired) electrons. The Kier molecular flexibility index (Phi) is 5.06. The third-order valence-electron chi connectivity index (χ3n) is 5.04. The lowest BCUT2D eigenvalue weighted by atomic mass is 9.69. The highest BCUT2D eigenvalue weighted by Crippen LogP contribution is 2.42. The number of nitrogens with one attached hydrogen (secondary N) is 1. The van der Waals surface area contributed by atoms with Gasteiger partial charge in [-0.25, -0.2) is 0 Å². The van der Waals surface area contributed by atoms with Gasteiger partial charge in [-0.15, -0.1) is 0 Å². The van der Waals surface area contributed by atoms with Crippen LogP contribution in [0.2, 0.25) is 0 Å². The Bertz CT molecular complexity index is 361. The standard InChI is InChI=1S/C16H27NO3/c1-12-5-6-13(9-12)17-14(18)10-16(11-15(19)20)7-3-2-4-8-16/h12-13H,2-11H2,1H3,(H,17,18)(H,19,20). The molecule has 0 spiro atoms. The molecule has 2 saturated carbocycles. The van der Waals surface area contributed by atoms with E-state index in [0.29, 0.717) is 18.4 Å². The van der Waals surface area contributed by atoms with Crippen molar-refractivity contribution in [3.05, 3.63) is 0 Å². The number of carbonyl (C=O) groups excluding carboxylic acids is 1. The minimum atomic E-state index is -0.769. The van der Waals surface area contributed by atoms with E-state index in [1.54, 1.807) is 0 Å². The van der Waals surface area contributed by atoms with Gasteiger partial charge in [0, 0.05) is 12.5 Å². The first kappa shape index (κ1) is 15.3. The largest absolute Gasteiger partial charge is 0.481 e. The summed E-state index contributed by atoms with van der Waals surface area (Å²) in [6.45, 7) is 2.22. The normalized spacial score (nSPS) is 29.1. The summed E-state index contributed by atoms with van der Waals surface area (Å²) >= 11 is 0. The maximum absolute atomic E-state index is 12.3. The first-order chi connectivity index (χ1) is 9.49. The van der Waals surface area contributed by atoms with E-state index in [-0.39, 0.29) is 17.7 Å². The second-order valence-electron chi connectivity index (χ2n) is 6.99. The minimum Gasteiger partial charge on any atom is -0.481 e. The van der Waals surface area contributed by atoms with Gasteiger partial charge >= 0.3 is 5.97 Å². The van der Waals surface area contributed by atoms with Gasteiger partial charge in [0.05, 0.1) is 6.42 Å². The van der Waals surface area contributed by atoms with Crippen molar-refractivity contribution in [2.75, 3.05) is 0 Å². The Balaban J connectivity index is 1.89. The van der Waals surface area contributed by atoms with Crippen LogP contribution in [-0.4, -0.2) is 23.0 Å². The van der Waals surface area contributed by atoms with Crippen LogP contribution in [0.5, 0.6) is 0 Å². The Morgan fingerprint density at radius 1 is 1.15 bits per heavy atom. The molecule has 0 aliphatic heterocycles. The van der Waals surface area contributed by atoms with Crippen LogP contribution in [0.1, 0.15) is 71.1 Å². The van der Waals surface area contributed by atoms with E-state index in [4.69, 9.17) is 5.11 Å². The lowest BCUT2D eigenvalue weighted by Gasteiger charge is -2.35. The van der Waals surface area contributed by atoms with Gasteiger partial charge in [-0.3, -0.25) is 9.59 Å². The van der Waals surface area contributed by atoms with Crippen LogP contribution in [0.25, 0.3) is 0 Å². The monoisotopic (exact) mass is 281 g/mol. The van der Waals surface area contributed by atoms with Crippen LogP contribution < -0.4 is 5.32 Å². The molecule has 2 rings (SSSR count). The molecule has 2 N–H and O–H groups in total. The van der Waals surface area contributed by atoms with Crippen molar-refractivity contribution in [2.24, 2.45) is 11.3 Å². The quantitative estimate of drug-likeness (QED) is 0.813. The van der Waals surface area contributed by atoms with Crippen molar-refractivity contribution in [2.45, 2.75) is 77.2 Å². The molecule has 4 nitrogen and oxygen atoms in total. The van der Waals surface area contributed by atoms with Crippen LogP contribution in [0, 0.1) is 11.3 Å². The molecule has 0 aromatic rings. The first-order valence-corrected chi connectivity index (χ1v) is 8.00. The van der Waals surface area contributed by atoms with Crippen LogP contribution in [0.4, 0.5) is 0 Å². The molecule has 114 valence electrons. The molecule has 2 fully saturated rings. The Morgan fingerprint density at radius 2 is 1.85 bits per heavy atom. The zero-order chi connectivity index (χ0) is 14.6. The topological polar surface area (TPSA) is 66.4 Å². The predicted molar refractivity (Wildman–Crippen MR) is 77.3 cm³/mol. The molecule has 4 heteroatoms. The average molecular weight is 281 g/mol. The van der Waals surface area contributed by atoms with Gasteiger partial charge in [-0.05, 0) is 43.4 Å². The lowest BCUT2D eigenvalue weighted by Crippen LogP contribution is -2.39. The number of rotatable bonds is 5. The van der Waals surface area contributed by atoms with Crippen molar-refractivity contribution < 1.29 is 14.7 Å². The highest BCUT2D eigenvalue weighted by atomic mass is 16.4. The van der Waals surface area contributed by atoms with Gasteiger partial charge in [-0.2, -0.15) is 0 Å². The van der Waals surface area contributed by atoms with Gasteiger partial charge in [-0.1, -0.05) is 26.2 Å². The summed E-state index contributed by atoms with van der Waals surface area (Å²) in [4.78, 5) is 23.4. The van der Waals surface area contributed by atoms with E-state index in [2.05, 4.69) is 12.2 Å². The molecular formula is C16H27NO3. The van der Waals surface area contributed by atoms with E-state index in [1.165, 1.54) is 12.8 Å². The zero-order valence-corrected chi connectivity index (χ0v) is 12.5. The van der Waals surface area contributed by atoms with E-state index < -0.39 is 5.97 Å². The second kappa shape index (κ2) is 6.59. The number of amides is 1. The summed E-state index contributed by atoms with van der Waals surface area (Å²) in [5.41, 5.74) is -0.293. The number of hydrogen-bond donors (Lipinski definition) is 2. The fourth-order valence-electron chi connectivity index (χ4n) is 4.00. The molecule has 20 heavy (non-hydrogen) atoms. The summed E-state index contributed by atoms with van der Waals surface area (Å²) in [6, 6.07) is 0.308. The van der Waals surface area contributed by atoms with E-state index in [9.17, 15) is 9.59 Å². The van der Waals surface area contributed by atoms with E-state index in [0.717, 1.165) is 38.5 Å². The molecule has 0 aromatic heterocycles. The highest BCUT2D eigenvalue weighted by molar-refractivity contribution is 5.78. The Hall–Kier alpha value is -1.06. The summed E-state index contributed by atoms with van der Waals surface area (Å²) in [5, 5.41) is 12.3. The molecule has 2 aliphatic carbocycles. The fourth-order valence-corrected chi connectivity index (χ4v) is 4.00. The van der Waals surface area contributed by atoms with Gasteiger partial charge in [0.15, 0.2) is 0 Å². The second-order valence-corrected chi connectivity index (χ2v) is 6.99. The summed E-state index contributed by atoms with van der Waals surface area (Å²) in [6.07, 6.45) is 8.90. The summed E-state index contributed by atoms with van der Waals surface area (Å²) < 4.78 is 0. The van der Waals surface area contributed by atoms with Gasteiger partial charge < -0.3 is 10.4 Å². The van der Waals surface area contributed by atoms with Crippen LogP contribution in [0.15, 0.2) is 0 Å². The van der Waals surface area contributed by atoms with Crippen molar-refractivity contribution in [3.8, 4) is 0 Å². The minimum absolute atomic E-state index is 0.0623. The predicted octanol–water partition coefficient (Wildman–Crippen LogP) is 3.11. The molecule has 0 saturated heterocycles. The van der Waals surface area contributed by atoms with Gasteiger partial charge in [0.1, 0.15) is 0 Å².